The van der Waals surface area contributed by atoms with Crippen LogP contribution in [0.2, 0.25) is 0 Å². The summed E-state index contributed by atoms with van der Waals surface area (Å²) in [6.07, 6.45) is 0.594. The fourth-order valence-electron chi connectivity index (χ4n) is 5.48. The number of nitrogens with one attached hydrogen (secondary N) is 2. The van der Waals surface area contributed by atoms with Crippen molar-refractivity contribution in [3.8, 4) is 0 Å². The zero-order chi connectivity index (χ0) is 31.3. The minimum absolute atomic E-state index is 0.0101. The number of carbonyl (C=O) groups excluding carboxylic acids is 3. The highest BCUT2D eigenvalue weighted by atomic mass is 32.2. The molecule has 228 valence electrons. The molecule has 11 heteroatoms. The summed E-state index contributed by atoms with van der Waals surface area (Å²) in [5.41, 5.74) is 2.90. The van der Waals surface area contributed by atoms with Crippen LogP contribution >= 0.6 is 11.8 Å². The number of carboxylic acids is 1. The maximum absolute atomic E-state index is 14.2. The van der Waals surface area contributed by atoms with E-state index in [1.54, 1.807) is 30.3 Å². The molecule has 3 aromatic rings. The van der Waals surface area contributed by atoms with Crippen molar-refractivity contribution in [1.82, 2.24) is 10.2 Å². The molecule has 1 unspecified atom stereocenters. The number of amides is 4. The Morgan fingerprint density at radius 2 is 1.77 bits per heavy atom. The summed E-state index contributed by atoms with van der Waals surface area (Å²) in [6.45, 7) is 5.32. The molecule has 2 aliphatic rings. The molecule has 3 N–H and O–H groups in total. The normalized spacial score (nSPS) is 17.6. The number of carboxylic acid groups (broad SMARTS) is 1. The van der Waals surface area contributed by atoms with Gasteiger partial charge in [-0.05, 0) is 42.5 Å². The van der Waals surface area contributed by atoms with Crippen molar-refractivity contribution in [2.24, 2.45) is 10.4 Å². The van der Waals surface area contributed by atoms with E-state index in [1.807, 2.05) is 53.4 Å². The van der Waals surface area contributed by atoms with Crippen LogP contribution in [0.3, 0.4) is 0 Å². The molecular weight excluding hydrogens is 578 g/mol. The SMILES string of the molecule is CC1(C)CCCN(C(=O)CN2C(=O)C(NC(=O)Nc3cccc(SCC(=O)O)c3)N=C(c3ccccc3)c3ccccc32)C1. The lowest BCUT2D eigenvalue weighted by molar-refractivity contribution is -0.134. The summed E-state index contributed by atoms with van der Waals surface area (Å²) < 4.78 is 0. The van der Waals surface area contributed by atoms with Crippen molar-refractivity contribution in [3.63, 3.8) is 0 Å². The smallest absolute Gasteiger partial charge is 0.321 e. The average Bonchev–Trinajstić information content (AvgIpc) is 3.11. The number of hydrogen-bond acceptors (Lipinski definition) is 6. The summed E-state index contributed by atoms with van der Waals surface area (Å²) in [7, 11) is 0. The van der Waals surface area contributed by atoms with Crippen LogP contribution in [-0.2, 0) is 14.4 Å². The number of hydrogen-bond donors (Lipinski definition) is 3. The second-order valence-corrected chi connectivity index (χ2v) is 12.6. The van der Waals surface area contributed by atoms with Gasteiger partial charge >= 0.3 is 12.0 Å². The third-order valence-electron chi connectivity index (χ3n) is 7.52. The number of fused-ring (bicyclic) bond motifs is 1. The maximum Gasteiger partial charge on any atom is 0.321 e. The number of benzodiazepines with no additional fused rings is 1. The Labute approximate surface area is 260 Å². The highest BCUT2D eigenvalue weighted by Gasteiger charge is 2.36. The van der Waals surface area contributed by atoms with Crippen LogP contribution in [0.25, 0.3) is 0 Å². The third kappa shape index (κ3) is 7.46. The third-order valence-corrected chi connectivity index (χ3v) is 8.50. The highest BCUT2D eigenvalue weighted by molar-refractivity contribution is 8.00. The van der Waals surface area contributed by atoms with Crippen molar-refractivity contribution in [2.75, 3.05) is 35.6 Å². The molecule has 0 aromatic heterocycles. The number of aliphatic imine (C=N–C) groups is 1. The first-order valence-electron chi connectivity index (χ1n) is 14.4. The summed E-state index contributed by atoms with van der Waals surface area (Å²) in [5, 5.41) is 14.4. The zero-order valence-corrected chi connectivity index (χ0v) is 25.5. The Morgan fingerprint density at radius 3 is 2.52 bits per heavy atom. The van der Waals surface area contributed by atoms with Crippen LogP contribution in [0.5, 0.6) is 0 Å². The first-order chi connectivity index (χ1) is 21.1. The second kappa shape index (κ2) is 13.3. The molecule has 4 amide bonds. The second-order valence-electron chi connectivity index (χ2n) is 11.6. The van der Waals surface area contributed by atoms with Gasteiger partial charge in [0, 0.05) is 34.8 Å². The van der Waals surface area contributed by atoms with Gasteiger partial charge in [0.15, 0.2) is 0 Å². The largest absolute Gasteiger partial charge is 0.481 e. The lowest BCUT2D eigenvalue weighted by atomic mass is 9.84. The van der Waals surface area contributed by atoms with Crippen LogP contribution in [0.15, 0.2) is 88.8 Å². The Morgan fingerprint density at radius 1 is 1.02 bits per heavy atom. The predicted octanol–water partition coefficient (Wildman–Crippen LogP) is 4.84. The number of carbonyl (C=O) groups is 4. The number of thioether (sulfide) groups is 1. The molecule has 44 heavy (non-hydrogen) atoms. The number of likely N-dealkylation sites (tertiary alicyclic amines) is 1. The van der Waals surface area contributed by atoms with E-state index in [4.69, 9.17) is 10.1 Å². The van der Waals surface area contributed by atoms with Gasteiger partial charge in [-0.25, -0.2) is 9.79 Å². The summed E-state index contributed by atoms with van der Waals surface area (Å²) in [5.74, 6) is -1.76. The molecule has 0 saturated carbocycles. The Bertz CT molecular complexity index is 1590. The lowest BCUT2D eigenvalue weighted by Crippen LogP contribution is -2.53. The van der Waals surface area contributed by atoms with E-state index in [0.29, 0.717) is 40.6 Å². The number of piperidine rings is 1. The van der Waals surface area contributed by atoms with Crippen LogP contribution in [0, 0.1) is 5.41 Å². The standard InChI is InChI=1S/C33H35N5O5S/c1-33(2)16-9-17-37(21-33)27(39)19-38-26-15-7-6-14-25(26)29(22-10-4-3-5-11-22)35-30(31(38)42)36-32(43)34-23-12-8-13-24(18-23)44-20-28(40)41/h3-8,10-15,18,30H,9,16-17,19-21H2,1-2H3,(H,40,41)(H2,34,36,43). The number of nitrogens with zero attached hydrogens (tertiary/aromatic N) is 3. The van der Waals surface area contributed by atoms with E-state index in [9.17, 15) is 19.2 Å². The first kappa shape index (κ1) is 30.8. The summed E-state index contributed by atoms with van der Waals surface area (Å²) in [4.78, 5) is 60.7. The van der Waals surface area contributed by atoms with Crippen molar-refractivity contribution in [1.29, 1.82) is 0 Å². The van der Waals surface area contributed by atoms with Gasteiger partial charge in [0.1, 0.15) is 6.54 Å². The van der Waals surface area contributed by atoms with Gasteiger partial charge in [-0.3, -0.25) is 19.3 Å². The molecule has 0 radical (unpaired) electrons. The average molecular weight is 614 g/mol. The van der Waals surface area contributed by atoms with Crippen LogP contribution in [-0.4, -0.2) is 71.1 Å². The molecule has 5 rings (SSSR count). The molecule has 1 fully saturated rings. The molecule has 2 heterocycles. The first-order valence-corrected chi connectivity index (χ1v) is 15.4. The monoisotopic (exact) mass is 613 g/mol. The fraction of sp³-hybridized carbons (Fsp3) is 0.303. The van der Waals surface area contributed by atoms with Crippen molar-refractivity contribution in [3.05, 3.63) is 90.0 Å². The number of anilines is 2. The zero-order valence-electron chi connectivity index (χ0n) is 24.7. The molecule has 0 bridgehead atoms. The van der Waals surface area contributed by atoms with E-state index < -0.39 is 24.1 Å². The molecule has 0 aliphatic carbocycles. The van der Waals surface area contributed by atoms with E-state index in [2.05, 4.69) is 24.5 Å². The number of benzene rings is 3. The molecule has 0 spiro atoms. The van der Waals surface area contributed by atoms with Gasteiger partial charge in [0.25, 0.3) is 5.91 Å². The molecule has 1 saturated heterocycles. The summed E-state index contributed by atoms with van der Waals surface area (Å²) >= 11 is 1.13. The maximum atomic E-state index is 14.2. The highest BCUT2D eigenvalue weighted by Crippen LogP contribution is 2.31. The molecular formula is C33H35N5O5S. The Kier molecular flexibility index (Phi) is 9.34. The molecule has 1 atom stereocenters. The predicted molar refractivity (Wildman–Crippen MR) is 171 cm³/mol. The number of aliphatic carboxylic acids is 1. The van der Waals surface area contributed by atoms with Crippen molar-refractivity contribution >= 4 is 52.7 Å². The minimum Gasteiger partial charge on any atom is -0.481 e. The number of urea groups is 1. The van der Waals surface area contributed by atoms with Crippen molar-refractivity contribution in [2.45, 2.75) is 37.8 Å². The summed E-state index contributed by atoms with van der Waals surface area (Å²) in [6, 6.07) is 22.8. The molecule has 2 aliphatic heterocycles. The topological polar surface area (TPSA) is 131 Å². The van der Waals surface area contributed by atoms with Gasteiger partial charge < -0.3 is 20.6 Å². The van der Waals surface area contributed by atoms with Gasteiger partial charge in [0.05, 0.1) is 17.2 Å². The Balaban J connectivity index is 1.45. The lowest BCUT2D eigenvalue weighted by Gasteiger charge is -2.39. The van der Waals surface area contributed by atoms with E-state index in [-0.39, 0.29) is 23.6 Å². The van der Waals surface area contributed by atoms with Crippen LogP contribution in [0.4, 0.5) is 16.2 Å². The Hall–Kier alpha value is -4.64. The van der Waals surface area contributed by atoms with Crippen LogP contribution in [0.1, 0.15) is 37.8 Å². The van der Waals surface area contributed by atoms with Gasteiger partial charge in [0.2, 0.25) is 12.1 Å². The van der Waals surface area contributed by atoms with Crippen LogP contribution < -0.4 is 15.5 Å². The van der Waals surface area contributed by atoms with E-state index in [0.717, 1.165) is 30.2 Å². The quantitative estimate of drug-likeness (QED) is 0.312. The van der Waals surface area contributed by atoms with E-state index >= 15 is 0 Å². The number of rotatable bonds is 8. The fourth-order valence-corrected chi connectivity index (χ4v) is 6.16. The molecule has 3 aromatic carbocycles. The van der Waals surface area contributed by atoms with Crippen molar-refractivity contribution < 1.29 is 24.3 Å². The minimum atomic E-state index is -1.33. The van der Waals surface area contributed by atoms with Gasteiger partial charge in [-0.15, -0.1) is 11.8 Å². The van der Waals surface area contributed by atoms with E-state index in [1.165, 1.54) is 4.90 Å². The molecule has 10 nitrogen and oxygen atoms in total. The number of para-hydroxylation sites is 1. The van der Waals surface area contributed by atoms with Gasteiger partial charge in [-0.2, -0.15) is 0 Å². The van der Waals surface area contributed by atoms with Gasteiger partial charge in [-0.1, -0.05) is 68.4 Å².